The second-order valence-electron chi connectivity index (χ2n) is 3.88. The summed E-state index contributed by atoms with van der Waals surface area (Å²) in [5.41, 5.74) is 0. The molecule has 1 aliphatic rings. The lowest BCUT2D eigenvalue weighted by Gasteiger charge is -2.30. The number of carbonyl (C=O) groups is 1. The number of anilines is 1. The average molecular weight is 224 g/mol. The number of hydrogen-bond acceptors (Lipinski definition) is 4. The second-order valence-corrected chi connectivity index (χ2v) is 3.88. The molecule has 86 valence electrons. The molecule has 1 atom stereocenters. The second kappa shape index (κ2) is 4.42. The zero-order chi connectivity index (χ0) is 11.5. The molecule has 1 aromatic rings. The van der Waals surface area contributed by atoms with Gasteiger partial charge in [-0.25, -0.2) is 14.4 Å². The van der Waals surface area contributed by atoms with Gasteiger partial charge >= 0.3 is 0 Å². The number of aromatic nitrogens is 2. The van der Waals surface area contributed by atoms with E-state index in [0.717, 1.165) is 18.8 Å². The minimum atomic E-state index is -0.457. The highest BCUT2D eigenvalue weighted by Crippen LogP contribution is 2.13. The van der Waals surface area contributed by atoms with Crippen molar-refractivity contribution < 1.29 is 9.18 Å². The predicted molar refractivity (Wildman–Crippen MR) is 56.3 cm³/mol. The molecule has 6 heteroatoms. The first-order valence-corrected chi connectivity index (χ1v) is 5.13. The number of likely N-dealkylation sites (N-methyl/N-ethyl adjacent to an activating group) is 1. The van der Waals surface area contributed by atoms with E-state index in [1.54, 1.807) is 11.9 Å². The van der Waals surface area contributed by atoms with Crippen LogP contribution in [0.1, 0.15) is 12.8 Å². The number of carbonyl (C=O) groups excluding carboxylic acids is 1. The summed E-state index contributed by atoms with van der Waals surface area (Å²) in [4.78, 5) is 20.6. The summed E-state index contributed by atoms with van der Waals surface area (Å²) >= 11 is 0. The zero-order valence-corrected chi connectivity index (χ0v) is 8.98. The number of likely N-dealkylation sites (tertiary alicyclic amines) is 1. The number of amides is 1. The van der Waals surface area contributed by atoms with Gasteiger partial charge in [0.2, 0.25) is 11.9 Å². The summed E-state index contributed by atoms with van der Waals surface area (Å²) in [5, 5.41) is 3.08. The molecule has 5 nitrogen and oxygen atoms in total. The van der Waals surface area contributed by atoms with Gasteiger partial charge < -0.3 is 10.2 Å². The van der Waals surface area contributed by atoms with E-state index in [0.29, 0.717) is 18.9 Å². The van der Waals surface area contributed by atoms with Crippen LogP contribution in [0.25, 0.3) is 0 Å². The highest BCUT2D eigenvalue weighted by atomic mass is 19.1. The van der Waals surface area contributed by atoms with Crippen LogP contribution in [0.3, 0.4) is 0 Å². The van der Waals surface area contributed by atoms with Gasteiger partial charge in [-0.2, -0.15) is 0 Å². The van der Waals surface area contributed by atoms with E-state index in [2.05, 4.69) is 15.3 Å². The van der Waals surface area contributed by atoms with E-state index in [1.165, 1.54) is 0 Å². The largest absolute Gasteiger partial charge is 0.350 e. The first kappa shape index (κ1) is 10.8. The summed E-state index contributed by atoms with van der Waals surface area (Å²) in [6.45, 7) is 0.625. The highest BCUT2D eigenvalue weighted by Gasteiger charge is 2.22. The van der Waals surface area contributed by atoms with Crippen molar-refractivity contribution in [2.45, 2.75) is 18.9 Å². The van der Waals surface area contributed by atoms with Crippen LogP contribution >= 0.6 is 0 Å². The van der Waals surface area contributed by atoms with E-state index < -0.39 is 5.82 Å². The van der Waals surface area contributed by atoms with Crippen LogP contribution in [0, 0.1) is 5.82 Å². The maximum absolute atomic E-state index is 12.6. The smallest absolute Gasteiger partial charge is 0.223 e. The van der Waals surface area contributed by atoms with Gasteiger partial charge in [-0.3, -0.25) is 4.79 Å². The van der Waals surface area contributed by atoms with Crippen LogP contribution in [0.4, 0.5) is 10.3 Å². The third-order valence-corrected chi connectivity index (χ3v) is 2.58. The summed E-state index contributed by atoms with van der Waals surface area (Å²) < 4.78 is 12.6. The lowest BCUT2D eigenvalue weighted by molar-refractivity contribution is -0.132. The highest BCUT2D eigenvalue weighted by molar-refractivity contribution is 5.76. The molecule has 1 unspecified atom stereocenters. The fraction of sp³-hybridized carbons (Fsp3) is 0.500. The van der Waals surface area contributed by atoms with Crippen molar-refractivity contribution >= 4 is 11.9 Å². The van der Waals surface area contributed by atoms with Crippen LogP contribution in [0.2, 0.25) is 0 Å². The number of rotatable bonds is 2. The molecule has 0 aliphatic carbocycles. The maximum Gasteiger partial charge on any atom is 0.223 e. The van der Waals surface area contributed by atoms with Crippen molar-refractivity contribution in [2.75, 3.05) is 18.9 Å². The molecule has 0 aromatic carbocycles. The lowest BCUT2D eigenvalue weighted by atomic mass is 10.1. The number of nitrogens with one attached hydrogen (secondary N) is 1. The van der Waals surface area contributed by atoms with Crippen LogP contribution < -0.4 is 5.32 Å². The van der Waals surface area contributed by atoms with Gasteiger partial charge in [0, 0.05) is 26.1 Å². The molecule has 1 N–H and O–H groups in total. The van der Waals surface area contributed by atoms with Crippen molar-refractivity contribution in [3.63, 3.8) is 0 Å². The minimum Gasteiger partial charge on any atom is -0.350 e. The Morgan fingerprint density at radius 3 is 2.81 bits per heavy atom. The molecule has 1 amide bonds. The minimum absolute atomic E-state index is 0.133. The third-order valence-electron chi connectivity index (χ3n) is 2.58. The molecule has 0 bridgehead atoms. The van der Waals surface area contributed by atoms with Gasteiger partial charge in [0.25, 0.3) is 0 Å². The Balaban J connectivity index is 1.95. The zero-order valence-electron chi connectivity index (χ0n) is 8.98. The van der Waals surface area contributed by atoms with Crippen LogP contribution in [0.5, 0.6) is 0 Å². The van der Waals surface area contributed by atoms with Crippen LogP contribution in [0.15, 0.2) is 12.4 Å². The van der Waals surface area contributed by atoms with Crippen molar-refractivity contribution in [1.29, 1.82) is 0 Å². The number of halogens is 1. The maximum atomic E-state index is 12.6. The first-order valence-electron chi connectivity index (χ1n) is 5.13. The Hall–Kier alpha value is -1.72. The Bertz CT molecular complexity index is 381. The molecular formula is C10H13FN4O. The monoisotopic (exact) mass is 224 g/mol. The lowest BCUT2D eigenvalue weighted by Crippen LogP contribution is -2.43. The first-order chi connectivity index (χ1) is 7.65. The van der Waals surface area contributed by atoms with Crippen molar-refractivity contribution in [1.82, 2.24) is 14.9 Å². The Morgan fingerprint density at radius 2 is 2.19 bits per heavy atom. The van der Waals surface area contributed by atoms with E-state index in [4.69, 9.17) is 0 Å². The van der Waals surface area contributed by atoms with Crippen molar-refractivity contribution in [3.8, 4) is 0 Å². The number of piperidine rings is 1. The van der Waals surface area contributed by atoms with Gasteiger partial charge in [0.05, 0.1) is 12.4 Å². The molecule has 2 rings (SSSR count). The topological polar surface area (TPSA) is 58.1 Å². The molecule has 1 aromatic heterocycles. The fourth-order valence-electron chi connectivity index (χ4n) is 1.70. The normalized spacial score (nSPS) is 21.0. The summed E-state index contributed by atoms with van der Waals surface area (Å²) in [5.74, 6) is 0.0914. The Kier molecular flexibility index (Phi) is 2.98. The third kappa shape index (κ3) is 2.44. The van der Waals surface area contributed by atoms with Crippen molar-refractivity contribution in [3.05, 3.63) is 18.2 Å². The molecule has 0 radical (unpaired) electrons. The molecule has 1 saturated heterocycles. The molecular weight excluding hydrogens is 211 g/mol. The molecule has 0 spiro atoms. The summed E-state index contributed by atoms with van der Waals surface area (Å²) in [6, 6.07) is 0.133. The van der Waals surface area contributed by atoms with E-state index in [9.17, 15) is 9.18 Å². The summed E-state index contributed by atoms with van der Waals surface area (Å²) in [6.07, 6.45) is 3.51. The van der Waals surface area contributed by atoms with E-state index >= 15 is 0 Å². The van der Waals surface area contributed by atoms with Gasteiger partial charge in [0.1, 0.15) is 0 Å². The van der Waals surface area contributed by atoms with Crippen LogP contribution in [-0.2, 0) is 4.79 Å². The quantitative estimate of drug-likeness (QED) is 0.801. The molecule has 1 aliphatic heterocycles. The standard InChI is InChI=1S/C10H13FN4O/c1-15-6-8(2-3-9(15)16)14-10-12-4-7(11)5-13-10/h4-5,8H,2-3,6H2,1H3,(H,12,13,14). The average Bonchev–Trinajstić information content (AvgIpc) is 2.27. The summed E-state index contributed by atoms with van der Waals surface area (Å²) in [7, 11) is 1.77. The molecule has 1 fully saturated rings. The van der Waals surface area contributed by atoms with Gasteiger partial charge in [-0.05, 0) is 6.42 Å². The van der Waals surface area contributed by atoms with Gasteiger partial charge in [0.15, 0.2) is 5.82 Å². The van der Waals surface area contributed by atoms with E-state index in [-0.39, 0.29) is 11.9 Å². The SMILES string of the molecule is CN1CC(Nc2ncc(F)cn2)CCC1=O. The Morgan fingerprint density at radius 1 is 1.50 bits per heavy atom. The fourth-order valence-corrected chi connectivity index (χ4v) is 1.70. The number of hydrogen-bond donors (Lipinski definition) is 1. The number of nitrogens with zero attached hydrogens (tertiary/aromatic N) is 3. The molecule has 2 heterocycles. The molecule has 16 heavy (non-hydrogen) atoms. The molecule has 0 saturated carbocycles. The van der Waals surface area contributed by atoms with E-state index in [1.807, 2.05) is 0 Å². The predicted octanol–water partition coefficient (Wildman–Crippen LogP) is 0.648. The van der Waals surface area contributed by atoms with Crippen LogP contribution in [-0.4, -0.2) is 40.4 Å². The van der Waals surface area contributed by atoms with Crippen molar-refractivity contribution in [2.24, 2.45) is 0 Å². The Labute approximate surface area is 92.7 Å². The van der Waals surface area contributed by atoms with Gasteiger partial charge in [-0.1, -0.05) is 0 Å². The van der Waals surface area contributed by atoms with Gasteiger partial charge in [-0.15, -0.1) is 0 Å².